The predicted molar refractivity (Wildman–Crippen MR) is 129 cm³/mol. The van der Waals surface area contributed by atoms with E-state index in [1.807, 2.05) is 12.1 Å². The molecule has 1 N–H and O–H groups in total. The third-order valence-corrected chi connectivity index (χ3v) is 8.87. The van der Waals surface area contributed by atoms with Crippen molar-refractivity contribution in [2.75, 3.05) is 18.4 Å². The maximum absolute atomic E-state index is 13.4. The normalized spacial score (nSPS) is 18.1. The number of hydrogen-bond acceptors (Lipinski definition) is 3. The Kier molecular flexibility index (Phi) is 4.80. The number of aromatic nitrogens is 1. The lowest BCUT2D eigenvalue weighted by Crippen LogP contribution is -2.51. The van der Waals surface area contributed by atoms with Crippen LogP contribution in [0.1, 0.15) is 50.4 Å². The number of anilines is 1. The van der Waals surface area contributed by atoms with Crippen LogP contribution in [0.3, 0.4) is 0 Å². The monoisotopic (exact) mass is 449 g/mol. The molecule has 2 aliphatic rings. The molecule has 0 saturated carbocycles. The number of fused-ring (bicyclic) bond motifs is 4. The Balaban J connectivity index is 1.40. The van der Waals surface area contributed by atoms with Crippen molar-refractivity contribution in [1.29, 1.82) is 0 Å². The van der Waals surface area contributed by atoms with Gasteiger partial charge in [-0.2, -0.15) is 4.31 Å². The van der Waals surface area contributed by atoms with Crippen molar-refractivity contribution in [1.82, 2.24) is 8.87 Å². The number of sulfonamides is 1. The zero-order chi connectivity index (χ0) is 22.7. The van der Waals surface area contributed by atoms with Gasteiger partial charge in [0, 0.05) is 25.0 Å². The minimum Gasteiger partial charge on any atom is -0.372 e. The van der Waals surface area contributed by atoms with Crippen LogP contribution < -0.4 is 5.32 Å². The first-order valence-electron chi connectivity index (χ1n) is 11.3. The van der Waals surface area contributed by atoms with Gasteiger partial charge in [0.1, 0.15) is 0 Å². The van der Waals surface area contributed by atoms with Gasteiger partial charge in [0.05, 0.1) is 21.8 Å². The van der Waals surface area contributed by atoms with E-state index in [2.05, 4.69) is 74.1 Å². The number of hydrogen-bond donors (Lipinski definition) is 1. The summed E-state index contributed by atoms with van der Waals surface area (Å²) in [5.74, 6) is 0. The largest absolute Gasteiger partial charge is 0.372 e. The Morgan fingerprint density at radius 1 is 0.969 bits per heavy atom. The van der Waals surface area contributed by atoms with Crippen LogP contribution in [0, 0.1) is 6.92 Å². The molecule has 3 heterocycles. The average Bonchev–Trinajstić information content (AvgIpc) is 3.25. The van der Waals surface area contributed by atoms with Gasteiger partial charge in [0.2, 0.25) is 10.0 Å². The van der Waals surface area contributed by atoms with E-state index < -0.39 is 10.0 Å². The summed E-state index contributed by atoms with van der Waals surface area (Å²) in [5.41, 5.74) is 5.55. The van der Waals surface area contributed by atoms with Gasteiger partial charge in [-0.05, 0) is 72.7 Å². The minimum absolute atomic E-state index is 0.00396. The van der Waals surface area contributed by atoms with Crippen molar-refractivity contribution in [3.05, 3.63) is 77.6 Å². The van der Waals surface area contributed by atoms with Gasteiger partial charge in [0.25, 0.3) is 0 Å². The van der Waals surface area contributed by atoms with Gasteiger partial charge >= 0.3 is 0 Å². The van der Waals surface area contributed by atoms with Crippen LogP contribution in [0.4, 0.5) is 5.69 Å². The number of nitrogens with one attached hydrogen (secondary N) is 1. The molecule has 168 valence electrons. The Hall–Kier alpha value is -2.57. The molecule has 2 aliphatic heterocycles. The van der Waals surface area contributed by atoms with Crippen LogP contribution in [0.2, 0.25) is 0 Å². The summed E-state index contributed by atoms with van der Waals surface area (Å²) in [6.45, 7) is 9.47. The van der Waals surface area contributed by atoms with Gasteiger partial charge in [-0.1, -0.05) is 39.0 Å². The first-order valence-corrected chi connectivity index (χ1v) is 12.7. The van der Waals surface area contributed by atoms with E-state index in [9.17, 15) is 8.42 Å². The SMILES string of the molecule is Cc1ccc2c(c1)NC1(CCN(S(=O)(=O)c3ccc(C(C)(C)C)cc3)CC1)c1cccn1-2. The molecule has 0 radical (unpaired) electrons. The summed E-state index contributed by atoms with van der Waals surface area (Å²) in [5, 5.41) is 3.79. The second-order valence-corrected chi connectivity index (χ2v) is 12.1. The molecule has 32 heavy (non-hydrogen) atoms. The molecule has 6 heteroatoms. The topological polar surface area (TPSA) is 54.3 Å². The zero-order valence-corrected chi connectivity index (χ0v) is 20.0. The van der Waals surface area contributed by atoms with E-state index in [1.54, 1.807) is 16.4 Å². The number of nitrogens with zero attached hydrogens (tertiary/aromatic N) is 2. The summed E-state index contributed by atoms with van der Waals surface area (Å²) in [6, 6.07) is 18.1. The predicted octanol–water partition coefficient (Wildman–Crippen LogP) is 5.19. The van der Waals surface area contributed by atoms with Crippen molar-refractivity contribution in [3.63, 3.8) is 0 Å². The molecule has 3 aromatic rings. The quantitative estimate of drug-likeness (QED) is 0.586. The van der Waals surface area contributed by atoms with Crippen molar-refractivity contribution in [2.24, 2.45) is 0 Å². The molecule has 5 nitrogen and oxygen atoms in total. The van der Waals surface area contributed by atoms with Crippen molar-refractivity contribution in [3.8, 4) is 5.69 Å². The Morgan fingerprint density at radius 2 is 1.66 bits per heavy atom. The first kappa shape index (κ1) is 21.3. The average molecular weight is 450 g/mol. The Morgan fingerprint density at radius 3 is 2.31 bits per heavy atom. The molecule has 1 saturated heterocycles. The van der Waals surface area contributed by atoms with E-state index in [0.29, 0.717) is 18.0 Å². The van der Waals surface area contributed by atoms with Crippen LogP contribution >= 0.6 is 0 Å². The highest BCUT2D eigenvalue weighted by molar-refractivity contribution is 7.89. The molecule has 0 bridgehead atoms. The highest BCUT2D eigenvalue weighted by Crippen LogP contribution is 2.44. The summed E-state index contributed by atoms with van der Waals surface area (Å²) < 4.78 is 30.6. The minimum atomic E-state index is -3.51. The lowest BCUT2D eigenvalue weighted by molar-refractivity contribution is 0.247. The molecule has 0 atom stereocenters. The number of aryl methyl sites for hydroxylation is 1. The number of piperidine rings is 1. The van der Waals surface area contributed by atoms with E-state index in [-0.39, 0.29) is 11.0 Å². The third-order valence-electron chi connectivity index (χ3n) is 6.96. The van der Waals surface area contributed by atoms with E-state index in [4.69, 9.17) is 0 Å². The molecular formula is C26H31N3O2S. The van der Waals surface area contributed by atoms with Gasteiger partial charge < -0.3 is 9.88 Å². The molecule has 0 unspecified atom stereocenters. The van der Waals surface area contributed by atoms with Gasteiger partial charge in [0.15, 0.2) is 0 Å². The second-order valence-electron chi connectivity index (χ2n) is 10.2. The van der Waals surface area contributed by atoms with Gasteiger partial charge in [-0.15, -0.1) is 0 Å². The highest BCUT2D eigenvalue weighted by Gasteiger charge is 2.43. The van der Waals surface area contributed by atoms with Crippen molar-refractivity contribution >= 4 is 15.7 Å². The van der Waals surface area contributed by atoms with Crippen molar-refractivity contribution in [2.45, 2.75) is 56.4 Å². The molecule has 1 spiro atoms. The summed E-state index contributed by atoms with van der Waals surface area (Å²) in [7, 11) is -3.51. The van der Waals surface area contributed by atoms with E-state index in [0.717, 1.165) is 29.8 Å². The van der Waals surface area contributed by atoms with Crippen LogP contribution in [-0.4, -0.2) is 30.4 Å². The third kappa shape index (κ3) is 3.37. The molecule has 2 aromatic carbocycles. The summed E-state index contributed by atoms with van der Waals surface area (Å²) in [4.78, 5) is 0.377. The maximum atomic E-state index is 13.4. The standard InChI is InChI=1S/C26H31N3O2S/c1-19-7-12-23-22(18-19)27-26(24-6-5-15-29(23)24)13-16-28(17-14-26)32(30,31)21-10-8-20(9-11-21)25(2,3)4/h5-12,15,18,27H,13-14,16-17H2,1-4H3. The molecule has 5 rings (SSSR count). The van der Waals surface area contributed by atoms with Gasteiger partial charge in [-0.3, -0.25) is 0 Å². The second kappa shape index (κ2) is 7.22. The summed E-state index contributed by atoms with van der Waals surface area (Å²) >= 11 is 0. The molecular weight excluding hydrogens is 418 g/mol. The Labute approximate surface area is 191 Å². The smallest absolute Gasteiger partial charge is 0.243 e. The van der Waals surface area contributed by atoms with Crippen molar-refractivity contribution < 1.29 is 8.42 Å². The Bertz CT molecular complexity index is 1260. The fraction of sp³-hybridized carbons (Fsp3) is 0.385. The molecule has 0 amide bonds. The van der Waals surface area contributed by atoms with Gasteiger partial charge in [-0.25, -0.2) is 8.42 Å². The van der Waals surface area contributed by atoms with E-state index in [1.165, 1.54) is 11.3 Å². The first-order chi connectivity index (χ1) is 15.1. The van der Waals surface area contributed by atoms with Crippen LogP contribution in [0.25, 0.3) is 5.69 Å². The van der Waals surface area contributed by atoms with Crippen LogP contribution in [-0.2, 0) is 21.0 Å². The molecule has 0 aliphatic carbocycles. The van der Waals surface area contributed by atoms with Crippen LogP contribution in [0.15, 0.2) is 65.7 Å². The zero-order valence-electron chi connectivity index (χ0n) is 19.2. The lowest BCUT2D eigenvalue weighted by Gasteiger charge is -2.46. The highest BCUT2D eigenvalue weighted by atomic mass is 32.2. The fourth-order valence-electron chi connectivity index (χ4n) is 5.03. The number of benzene rings is 2. The lowest BCUT2D eigenvalue weighted by atomic mass is 9.83. The van der Waals surface area contributed by atoms with Crippen LogP contribution in [0.5, 0.6) is 0 Å². The fourth-order valence-corrected chi connectivity index (χ4v) is 6.47. The number of rotatable bonds is 2. The summed E-state index contributed by atoms with van der Waals surface area (Å²) in [6.07, 6.45) is 3.55. The van der Waals surface area contributed by atoms with E-state index >= 15 is 0 Å². The molecule has 1 fully saturated rings. The maximum Gasteiger partial charge on any atom is 0.243 e. The molecule has 1 aromatic heterocycles.